The monoisotopic (exact) mass is 423 g/mol. The standard InChI is InChI=1S/C24H25NO6/c1-3-14-30-22(28)24(2,13-12-21(26)27)25-23(29)31-15-20-18-10-6-4-8-16(18)17-9-5-7-11-19(17)20/h3-11,20H,1,12-15H2,2H3,(H,25,29)(H,26,27)/t24-/m1/s1. The highest BCUT2D eigenvalue weighted by atomic mass is 16.6. The predicted octanol–water partition coefficient (Wildman–Crippen LogP) is 3.88. The van der Waals surface area contributed by atoms with Crippen molar-refractivity contribution in [1.29, 1.82) is 0 Å². The Hall–Kier alpha value is -3.61. The highest BCUT2D eigenvalue weighted by molar-refractivity contribution is 5.86. The molecule has 162 valence electrons. The third-order valence-corrected chi connectivity index (χ3v) is 5.34. The number of carboxylic acid groups (broad SMARTS) is 1. The number of ether oxygens (including phenoxy) is 2. The van der Waals surface area contributed by atoms with Crippen LogP contribution in [-0.2, 0) is 19.1 Å². The number of amides is 1. The van der Waals surface area contributed by atoms with E-state index in [-0.39, 0.29) is 32.0 Å². The SMILES string of the molecule is C=CCOC(=O)[C@@](C)(CCC(=O)O)NC(=O)OCC1c2ccccc2-c2ccccc21. The van der Waals surface area contributed by atoms with Gasteiger partial charge in [-0.3, -0.25) is 4.79 Å². The Morgan fingerprint density at radius 3 is 2.19 bits per heavy atom. The lowest BCUT2D eigenvalue weighted by molar-refractivity contribution is -0.150. The molecular weight excluding hydrogens is 398 g/mol. The van der Waals surface area contributed by atoms with E-state index in [9.17, 15) is 14.4 Å². The van der Waals surface area contributed by atoms with Gasteiger partial charge in [-0.1, -0.05) is 61.2 Å². The topological polar surface area (TPSA) is 102 Å². The minimum absolute atomic E-state index is 0.0478. The highest BCUT2D eigenvalue weighted by Gasteiger charge is 2.38. The number of carbonyl (C=O) groups is 3. The summed E-state index contributed by atoms with van der Waals surface area (Å²) in [6.07, 6.45) is 0.125. The number of carboxylic acids is 1. The lowest BCUT2D eigenvalue weighted by Gasteiger charge is -2.27. The number of esters is 1. The van der Waals surface area contributed by atoms with E-state index in [0.717, 1.165) is 22.3 Å². The second kappa shape index (κ2) is 9.47. The van der Waals surface area contributed by atoms with E-state index in [1.165, 1.54) is 13.0 Å². The molecule has 0 saturated carbocycles. The van der Waals surface area contributed by atoms with Crippen LogP contribution in [-0.4, -0.2) is 41.9 Å². The second-order valence-corrected chi connectivity index (χ2v) is 7.56. The van der Waals surface area contributed by atoms with Gasteiger partial charge in [0.05, 0.1) is 0 Å². The van der Waals surface area contributed by atoms with Crippen molar-refractivity contribution in [1.82, 2.24) is 5.32 Å². The summed E-state index contributed by atoms with van der Waals surface area (Å²) in [5, 5.41) is 11.5. The summed E-state index contributed by atoms with van der Waals surface area (Å²) < 4.78 is 10.5. The van der Waals surface area contributed by atoms with Gasteiger partial charge in [0, 0.05) is 12.3 Å². The number of rotatable bonds is 9. The Labute approximate surface area is 180 Å². The summed E-state index contributed by atoms with van der Waals surface area (Å²) in [6.45, 7) is 4.93. The molecule has 0 unspecified atom stereocenters. The first-order valence-corrected chi connectivity index (χ1v) is 9.99. The lowest BCUT2D eigenvalue weighted by Crippen LogP contribution is -2.53. The van der Waals surface area contributed by atoms with Crippen LogP contribution in [0.2, 0.25) is 0 Å². The fourth-order valence-electron chi connectivity index (χ4n) is 3.73. The molecule has 1 aliphatic carbocycles. The minimum atomic E-state index is -1.54. The summed E-state index contributed by atoms with van der Waals surface area (Å²) in [5.41, 5.74) is 2.80. The van der Waals surface area contributed by atoms with Crippen LogP contribution < -0.4 is 5.32 Å². The molecule has 0 radical (unpaired) electrons. The molecule has 2 aromatic carbocycles. The van der Waals surface area contributed by atoms with Gasteiger partial charge in [-0.15, -0.1) is 0 Å². The number of nitrogens with one attached hydrogen (secondary N) is 1. The number of carbonyl (C=O) groups excluding carboxylic acids is 2. The minimum Gasteiger partial charge on any atom is -0.481 e. The van der Waals surface area contributed by atoms with Gasteiger partial charge in [0.15, 0.2) is 0 Å². The Kier molecular flexibility index (Phi) is 6.74. The van der Waals surface area contributed by atoms with Crippen LogP contribution in [0.25, 0.3) is 11.1 Å². The molecule has 1 atom stereocenters. The van der Waals surface area contributed by atoms with Crippen LogP contribution >= 0.6 is 0 Å². The molecule has 0 heterocycles. The van der Waals surface area contributed by atoms with Crippen molar-refractivity contribution in [3.63, 3.8) is 0 Å². The largest absolute Gasteiger partial charge is 0.481 e. The van der Waals surface area contributed by atoms with E-state index in [1.54, 1.807) is 0 Å². The molecule has 3 rings (SSSR count). The average molecular weight is 423 g/mol. The number of fused-ring (bicyclic) bond motifs is 3. The summed E-state index contributed by atoms with van der Waals surface area (Å²) >= 11 is 0. The van der Waals surface area contributed by atoms with Gasteiger partial charge < -0.3 is 19.9 Å². The molecule has 0 saturated heterocycles. The Morgan fingerprint density at radius 1 is 1.06 bits per heavy atom. The molecule has 31 heavy (non-hydrogen) atoms. The molecule has 1 aliphatic rings. The fourth-order valence-corrected chi connectivity index (χ4v) is 3.73. The van der Waals surface area contributed by atoms with Crippen LogP contribution in [0.5, 0.6) is 0 Å². The van der Waals surface area contributed by atoms with Crippen molar-refractivity contribution in [2.24, 2.45) is 0 Å². The molecule has 0 spiro atoms. The third kappa shape index (κ3) is 4.94. The molecule has 2 aromatic rings. The van der Waals surface area contributed by atoms with Gasteiger partial charge in [0.25, 0.3) is 0 Å². The van der Waals surface area contributed by atoms with E-state index < -0.39 is 23.6 Å². The van der Waals surface area contributed by atoms with Gasteiger partial charge in [-0.05, 0) is 35.6 Å². The van der Waals surface area contributed by atoms with Crippen molar-refractivity contribution in [3.05, 3.63) is 72.3 Å². The highest BCUT2D eigenvalue weighted by Crippen LogP contribution is 2.44. The summed E-state index contributed by atoms with van der Waals surface area (Å²) in [7, 11) is 0. The van der Waals surface area contributed by atoms with Gasteiger partial charge >= 0.3 is 18.0 Å². The smallest absolute Gasteiger partial charge is 0.408 e. The van der Waals surface area contributed by atoms with Crippen molar-refractivity contribution in [2.75, 3.05) is 13.2 Å². The average Bonchev–Trinajstić information content (AvgIpc) is 3.08. The lowest BCUT2D eigenvalue weighted by atomic mass is 9.96. The van der Waals surface area contributed by atoms with Gasteiger partial charge in [0.1, 0.15) is 18.8 Å². The molecule has 2 N–H and O–H groups in total. The van der Waals surface area contributed by atoms with Crippen LogP contribution in [0.4, 0.5) is 4.79 Å². The van der Waals surface area contributed by atoms with Gasteiger partial charge in [-0.25, -0.2) is 9.59 Å². The molecular formula is C24H25NO6. The van der Waals surface area contributed by atoms with E-state index in [0.29, 0.717) is 0 Å². The number of alkyl carbamates (subject to hydrolysis) is 1. The number of hydrogen-bond donors (Lipinski definition) is 2. The second-order valence-electron chi connectivity index (χ2n) is 7.56. The Morgan fingerprint density at radius 2 is 1.65 bits per heavy atom. The van der Waals surface area contributed by atoms with Crippen LogP contribution in [0, 0.1) is 0 Å². The van der Waals surface area contributed by atoms with Crippen molar-refractivity contribution in [2.45, 2.75) is 31.2 Å². The van der Waals surface area contributed by atoms with E-state index in [1.807, 2.05) is 48.5 Å². The normalized spacial score (nSPS) is 14.0. The van der Waals surface area contributed by atoms with Crippen molar-refractivity contribution < 1.29 is 29.0 Å². The van der Waals surface area contributed by atoms with Crippen LogP contribution in [0.15, 0.2) is 61.2 Å². The van der Waals surface area contributed by atoms with Crippen molar-refractivity contribution >= 4 is 18.0 Å². The molecule has 0 fully saturated rings. The zero-order chi connectivity index (χ0) is 22.4. The zero-order valence-electron chi connectivity index (χ0n) is 17.3. The maximum atomic E-state index is 12.6. The van der Waals surface area contributed by atoms with Crippen molar-refractivity contribution in [3.8, 4) is 11.1 Å². The molecule has 0 bridgehead atoms. The van der Waals surface area contributed by atoms with Crippen LogP contribution in [0.3, 0.4) is 0 Å². The molecule has 0 aromatic heterocycles. The molecule has 7 nitrogen and oxygen atoms in total. The predicted molar refractivity (Wildman–Crippen MR) is 115 cm³/mol. The summed E-state index contributed by atoms with van der Waals surface area (Å²) in [4.78, 5) is 36.0. The first-order chi connectivity index (χ1) is 14.9. The Balaban J connectivity index is 1.71. The number of benzene rings is 2. The third-order valence-electron chi connectivity index (χ3n) is 5.34. The first-order valence-electron chi connectivity index (χ1n) is 9.99. The maximum absolute atomic E-state index is 12.6. The number of hydrogen-bond acceptors (Lipinski definition) is 5. The quantitative estimate of drug-likeness (QED) is 0.469. The van der Waals surface area contributed by atoms with Gasteiger partial charge in [0.2, 0.25) is 0 Å². The van der Waals surface area contributed by atoms with E-state index >= 15 is 0 Å². The summed E-state index contributed by atoms with van der Waals surface area (Å²) in [5.74, 6) is -1.96. The zero-order valence-corrected chi connectivity index (χ0v) is 17.3. The van der Waals surface area contributed by atoms with Crippen LogP contribution in [0.1, 0.15) is 36.8 Å². The molecule has 7 heteroatoms. The Bertz CT molecular complexity index is 956. The van der Waals surface area contributed by atoms with Gasteiger partial charge in [-0.2, -0.15) is 0 Å². The first kappa shape index (κ1) is 22.1. The molecule has 1 amide bonds. The molecule has 0 aliphatic heterocycles. The fraction of sp³-hybridized carbons (Fsp3) is 0.292. The number of aliphatic carboxylic acids is 1. The summed E-state index contributed by atoms with van der Waals surface area (Å²) in [6, 6.07) is 15.9. The maximum Gasteiger partial charge on any atom is 0.408 e. The van der Waals surface area contributed by atoms with E-state index in [2.05, 4.69) is 11.9 Å². The van der Waals surface area contributed by atoms with E-state index in [4.69, 9.17) is 14.6 Å².